The zero-order chi connectivity index (χ0) is 16.9. The van der Waals surface area contributed by atoms with Crippen molar-refractivity contribution in [1.82, 2.24) is 14.5 Å². The number of rotatable bonds is 5. The van der Waals surface area contributed by atoms with E-state index in [1.807, 2.05) is 18.2 Å². The second-order valence-corrected chi connectivity index (χ2v) is 5.88. The summed E-state index contributed by atoms with van der Waals surface area (Å²) in [6, 6.07) is 7.42. The van der Waals surface area contributed by atoms with E-state index in [9.17, 15) is 9.18 Å². The molecule has 0 aromatic carbocycles. The molecule has 0 saturated carbocycles. The Labute approximate surface area is 140 Å². The predicted molar refractivity (Wildman–Crippen MR) is 93.8 cm³/mol. The van der Waals surface area contributed by atoms with Crippen LogP contribution >= 0.6 is 0 Å². The molecule has 0 bridgehead atoms. The lowest BCUT2D eigenvalue weighted by atomic mass is 10.2. The average molecular weight is 331 g/mol. The molecule has 2 aromatic heterocycles. The number of anilines is 3. The third-order valence-electron chi connectivity index (χ3n) is 4.27. The van der Waals surface area contributed by atoms with Crippen molar-refractivity contribution in [1.29, 1.82) is 0 Å². The van der Waals surface area contributed by atoms with Crippen molar-refractivity contribution in [2.75, 3.05) is 49.6 Å². The molecule has 6 nitrogen and oxygen atoms in total. The molecule has 1 fully saturated rings. The summed E-state index contributed by atoms with van der Waals surface area (Å²) in [6.45, 7) is 3.69. The maximum Gasteiger partial charge on any atom is 0.274 e. The zero-order valence-corrected chi connectivity index (χ0v) is 13.8. The summed E-state index contributed by atoms with van der Waals surface area (Å²) in [5.74, 6) is 0.637. The van der Waals surface area contributed by atoms with Gasteiger partial charge < -0.3 is 14.8 Å². The lowest BCUT2D eigenvalue weighted by molar-refractivity contribution is 0.235. The molecule has 1 saturated heterocycles. The highest BCUT2D eigenvalue weighted by atomic mass is 19.1. The molecule has 0 spiro atoms. The highest BCUT2D eigenvalue weighted by molar-refractivity contribution is 5.57. The second kappa shape index (κ2) is 7.44. The number of alkyl halides is 1. The van der Waals surface area contributed by atoms with Crippen LogP contribution in [0, 0.1) is 0 Å². The third-order valence-corrected chi connectivity index (χ3v) is 4.27. The van der Waals surface area contributed by atoms with Crippen molar-refractivity contribution in [2.45, 2.75) is 0 Å². The lowest BCUT2D eigenvalue weighted by Gasteiger charge is -2.35. The van der Waals surface area contributed by atoms with Crippen LogP contribution in [0.25, 0.3) is 0 Å². The molecule has 0 amide bonds. The van der Waals surface area contributed by atoms with Gasteiger partial charge in [-0.25, -0.2) is 9.37 Å². The average Bonchev–Trinajstić information content (AvgIpc) is 2.61. The van der Waals surface area contributed by atoms with E-state index in [1.165, 1.54) is 4.57 Å². The first-order chi connectivity index (χ1) is 11.7. The molecule has 0 unspecified atom stereocenters. The Kier molecular flexibility index (Phi) is 5.10. The number of hydrogen-bond donors (Lipinski definition) is 1. The normalized spacial score (nSPS) is 15.5. The number of hydrogen-bond acceptors (Lipinski definition) is 5. The van der Waals surface area contributed by atoms with E-state index in [4.69, 9.17) is 0 Å². The van der Waals surface area contributed by atoms with Crippen molar-refractivity contribution >= 4 is 17.2 Å². The molecule has 2 aromatic rings. The Morgan fingerprint density at radius 2 is 2.00 bits per heavy atom. The van der Waals surface area contributed by atoms with Gasteiger partial charge in [0.05, 0.1) is 11.9 Å². The molecule has 3 rings (SSSR count). The van der Waals surface area contributed by atoms with Crippen LogP contribution in [-0.4, -0.2) is 53.8 Å². The largest absolute Gasteiger partial charge is 0.368 e. The van der Waals surface area contributed by atoms with Crippen LogP contribution in [0.4, 0.5) is 21.6 Å². The minimum absolute atomic E-state index is 0.0904. The SMILES string of the molecule is Cn1cccc(Nc2ccc(N3CCN(CCF)CC3)cn2)c1=O. The smallest absolute Gasteiger partial charge is 0.274 e. The molecule has 0 radical (unpaired) electrons. The summed E-state index contributed by atoms with van der Waals surface area (Å²) in [5.41, 5.74) is 1.45. The van der Waals surface area contributed by atoms with E-state index in [2.05, 4.69) is 20.1 Å². The molecule has 128 valence electrons. The standard InChI is InChI=1S/C17H22FN5O/c1-21-7-2-3-15(17(21)24)20-16-5-4-14(13-19-16)23-11-9-22(8-6-18)10-12-23/h2-5,7,13H,6,8-12H2,1H3,(H,19,20). The number of nitrogens with zero attached hydrogens (tertiary/aromatic N) is 4. The number of piperazine rings is 1. The molecular weight excluding hydrogens is 309 g/mol. The monoisotopic (exact) mass is 331 g/mol. The van der Waals surface area contributed by atoms with E-state index in [0.717, 1.165) is 31.9 Å². The molecule has 3 heterocycles. The van der Waals surface area contributed by atoms with E-state index in [0.29, 0.717) is 18.1 Å². The molecule has 7 heteroatoms. The van der Waals surface area contributed by atoms with Crippen LogP contribution < -0.4 is 15.8 Å². The Balaban J connectivity index is 1.64. The summed E-state index contributed by atoms with van der Waals surface area (Å²) >= 11 is 0. The van der Waals surface area contributed by atoms with Crippen LogP contribution in [-0.2, 0) is 7.05 Å². The van der Waals surface area contributed by atoms with E-state index >= 15 is 0 Å². The summed E-state index contributed by atoms with van der Waals surface area (Å²) < 4.78 is 13.9. The van der Waals surface area contributed by atoms with Crippen LogP contribution in [0.2, 0.25) is 0 Å². The van der Waals surface area contributed by atoms with Crippen molar-refractivity contribution in [3.05, 3.63) is 47.0 Å². The highest BCUT2D eigenvalue weighted by Crippen LogP contribution is 2.18. The zero-order valence-electron chi connectivity index (χ0n) is 13.8. The van der Waals surface area contributed by atoms with E-state index < -0.39 is 0 Å². The number of pyridine rings is 2. The van der Waals surface area contributed by atoms with Crippen molar-refractivity contribution < 1.29 is 4.39 Å². The lowest BCUT2D eigenvalue weighted by Crippen LogP contribution is -2.47. The predicted octanol–water partition coefficient (Wildman–Crippen LogP) is 1.62. The summed E-state index contributed by atoms with van der Waals surface area (Å²) in [4.78, 5) is 20.8. The molecular formula is C17H22FN5O. The molecule has 0 atom stereocenters. The third kappa shape index (κ3) is 3.73. The molecule has 1 N–H and O–H groups in total. The van der Waals surface area contributed by atoms with Gasteiger partial charge in [-0.1, -0.05) is 0 Å². The maximum absolute atomic E-state index is 12.4. The van der Waals surface area contributed by atoms with Gasteiger partial charge in [-0.05, 0) is 24.3 Å². The van der Waals surface area contributed by atoms with Gasteiger partial charge in [-0.15, -0.1) is 0 Å². The molecule has 0 aliphatic carbocycles. The fourth-order valence-electron chi connectivity index (χ4n) is 2.83. The highest BCUT2D eigenvalue weighted by Gasteiger charge is 2.17. The number of halogens is 1. The number of aryl methyl sites for hydroxylation is 1. The topological polar surface area (TPSA) is 53.4 Å². The Hall–Kier alpha value is -2.41. The Morgan fingerprint density at radius 3 is 2.67 bits per heavy atom. The van der Waals surface area contributed by atoms with Gasteiger partial charge in [0.2, 0.25) is 0 Å². The minimum Gasteiger partial charge on any atom is -0.368 e. The Bertz CT molecular complexity index is 723. The van der Waals surface area contributed by atoms with Crippen LogP contribution in [0.5, 0.6) is 0 Å². The molecule has 24 heavy (non-hydrogen) atoms. The van der Waals surface area contributed by atoms with Crippen LogP contribution in [0.3, 0.4) is 0 Å². The van der Waals surface area contributed by atoms with E-state index in [1.54, 1.807) is 25.5 Å². The second-order valence-electron chi connectivity index (χ2n) is 5.88. The van der Waals surface area contributed by atoms with Gasteiger partial charge >= 0.3 is 0 Å². The first-order valence-corrected chi connectivity index (χ1v) is 8.09. The summed E-state index contributed by atoms with van der Waals surface area (Å²) in [7, 11) is 1.71. The quantitative estimate of drug-likeness (QED) is 0.902. The van der Waals surface area contributed by atoms with Crippen LogP contribution in [0.15, 0.2) is 41.5 Å². The summed E-state index contributed by atoms with van der Waals surface area (Å²) in [5, 5.41) is 3.05. The van der Waals surface area contributed by atoms with Gasteiger partial charge in [-0.2, -0.15) is 0 Å². The van der Waals surface area contributed by atoms with Crippen molar-refractivity contribution in [2.24, 2.45) is 7.05 Å². The van der Waals surface area contributed by atoms with Gasteiger partial charge in [0.25, 0.3) is 5.56 Å². The number of nitrogens with one attached hydrogen (secondary N) is 1. The fourth-order valence-corrected chi connectivity index (χ4v) is 2.83. The van der Waals surface area contributed by atoms with E-state index in [-0.39, 0.29) is 12.2 Å². The van der Waals surface area contributed by atoms with Crippen molar-refractivity contribution in [3.63, 3.8) is 0 Å². The molecule has 1 aliphatic rings. The maximum atomic E-state index is 12.4. The fraction of sp³-hybridized carbons (Fsp3) is 0.412. The van der Waals surface area contributed by atoms with Gasteiger partial charge in [0.15, 0.2) is 0 Å². The number of aromatic nitrogens is 2. The van der Waals surface area contributed by atoms with Gasteiger partial charge in [0, 0.05) is 46.0 Å². The summed E-state index contributed by atoms with van der Waals surface area (Å²) in [6.07, 6.45) is 3.52. The Morgan fingerprint density at radius 1 is 1.21 bits per heavy atom. The van der Waals surface area contributed by atoms with Crippen molar-refractivity contribution in [3.8, 4) is 0 Å². The van der Waals surface area contributed by atoms with Crippen LogP contribution in [0.1, 0.15) is 0 Å². The van der Waals surface area contributed by atoms with Gasteiger partial charge in [0.1, 0.15) is 18.2 Å². The molecule has 1 aliphatic heterocycles. The van der Waals surface area contributed by atoms with Gasteiger partial charge in [-0.3, -0.25) is 9.69 Å². The first-order valence-electron chi connectivity index (χ1n) is 8.09. The first kappa shape index (κ1) is 16.4. The minimum atomic E-state index is -0.291.